The van der Waals surface area contributed by atoms with E-state index in [0.717, 1.165) is 45.2 Å². The number of methoxy groups -OCH3 is 1. The van der Waals surface area contributed by atoms with Crippen LogP contribution in [0.25, 0.3) is 0 Å². The molecule has 0 aromatic rings. The van der Waals surface area contributed by atoms with Gasteiger partial charge in [0.15, 0.2) is 0 Å². The van der Waals surface area contributed by atoms with Crippen LogP contribution >= 0.6 is 0 Å². The van der Waals surface area contributed by atoms with Crippen LogP contribution in [-0.2, 0) is 9.53 Å². The second kappa shape index (κ2) is 6.71. The van der Waals surface area contributed by atoms with Crippen LogP contribution in [0.2, 0.25) is 0 Å². The number of nitrogens with one attached hydrogen (secondary N) is 1. The molecule has 2 fully saturated rings. The second-order valence-corrected chi connectivity index (χ2v) is 6.05. The molecule has 110 valence electrons. The predicted octanol–water partition coefficient (Wildman–Crippen LogP) is 1.94. The van der Waals surface area contributed by atoms with Gasteiger partial charge in [-0.25, -0.2) is 0 Å². The first-order valence-electron chi connectivity index (χ1n) is 7.70. The fraction of sp³-hybridized carbons (Fsp3) is 0.933. The smallest absolute Gasteiger partial charge is 0.225 e. The number of carbonyl (C=O) groups is 1. The van der Waals surface area contributed by atoms with Crippen LogP contribution in [0.15, 0.2) is 0 Å². The summed E-state index contributed by atoms with van der Waals surface area (Å²) in [7, 11) is 3.73. The van der Waals surface area contributed by atoms with Gasteiger partial charge in [-0.15, -0.1) is 0 Å². The van der Waals surface area contributed by atoms with Crippen molar-refractivity contribution >= 4 is 5.91 Å². The van der Waals surface area contributed by atoms with Crippen molar-refractivity contribution in [3.8, 4) is 0 Å². The van der Waals surface area contributed by atoms with E-state index in [1.807, 2.05) is 7.05 Å². The zero-order chi connectivity index (χ0) is 13.7. The van der Waals surface area contributed by atoms with E-state index in [1.54, 1.807) is 7.11 Å². The lowest BCUT2D eigenvalue weighted by Crippen LogP contribution is -2.50. The molecule has 1 atom stereocenters. The standard InChI is InChI=1S/C15H28N2O2/c1-16-10-7-13-6-3-4-11-17(13)14(18)12-15(19-2)8-5-9-15/h13,16H,3-12H2,1-2H3. The fourth-order valence-corrected chi connectivity index (χ4v) is 3.34. The van der Waals surface area contributed by atoms with E-state index in [2.05, 4.69) is 10.2 Å². The number of amides is 1. The van der Waals surface area contributed by atoms with E-state index in [0.29, 0.717) is 18.4 Å². The number of likely N-dealkylation sites (tertiary alicyclic amines) is 1. The molecular formula is C15H28N2O2. The van der Waals surface area contributed by atoms with Gasteiger partial charge in [0, 0.05) is 19.7 Å². The molecule has 1 aliphatic carbocycles. The molecule has 1 amide bonds. The number of piperidine rings is 1. The predicted molar refractivity (Wildman–Crippen MR) is 76.1 cm³/mol. The molecule has 0 bridgehead atoms. The van der Waals surface area contributed by atoms with Crippen LogP contribution in [-0.4, -0.2) is 49.7 Å². The largest absolute Gasteiger partial charge is 0.378 e. The van der Waals surface area contributed by atoms with Gasteiger partial charge in [0.25, 0.3) is 0 Å². The number of hydrogen-bond donors (Lipinski definition) is 1. The van der Waals surface area contributed by atoms with Crippen LogP contribution < -0.4 is 5.32 Å². The summed E-state index contributed by atoms with van der Waals surface area (Å²) in [6.07, 6.45) is 8.52. The maximum atomic E-state index is 12.6. The van der Waals surface area contributed by atoms with E-state index in [1.165, 1.54) is 12.8 Å². The van der Waals surface area contributed by atoms with Gasteiger partial charge in [-0.1, -0.05) is 0 Å². The molecule has 0 radical (unpaired) electrons. The number of ether oxygens (including phenoxy) is 1. The minimum Gasteiger partial charge on any atom is -0.378 e. The molecule has 2 rings (SSSR count). The van der Waals surface area contributed by atoms with Crippen LogP contribution in [0, 0.1) is 0 Å². The lowest BCUT2D eigenvalue weighted by atomic mass is 9.77. The number of hydrogen-bond acceptors (Lipinski definition) is 3. The zero-order valence-corrected chi connectivity index (χ0v) is 12.4. The van der Waals surface area contributed by atoms with E-state index in [4.69, 9.17) is 4.74 Å². The van der Waals surface area contributed by atoms with Crippen molar-refractivity contribution in [1.82, 2.24) is 10.2 Å². The van der Waals surface area contributed by atoms with Gasteiger partial charge >= 0.3 is 0 Å². The molecule has 2 aliphatic rings. The Kier molecular flexibility index (Phi) is 5.22. The summed E-state index contributed by atoms with van der Waals surface area (Å²) in [6.45, 7) is 1.93. The topological polar surface area (TPSA) is 41.6 Å². The van der Waals surface area contributed by atoms with Gasteiger partial charge in [-0.05, 0) is 58.5 Å². The molecule has 1 unspecified atom stereocenters. The Balaban J connectivity index is 1.91. The van der Waals surface area contributed by atoms with Crippen LogP contribution in [0.1, 0.15) is 51.4 Å². The van der Waals surface area contributed by atoms with Gasteiger partial charge in [0.05, 0.1) is 12.0 Å². The Hall–Kier alpha value is -0.610. The Labute approximate surface area is 116 Å². The van der Waals surface area contributed by atoms with Gasteiger partial charge in [-0.2, -0.15) is 0 Å². The normalized spacial score (nSPS) is 26.0. The molecule has 1 saturated carbocycles. The van der Waals surface area contributed by atoms with Gasteiger partial charge in [0.1, 0.15) is 0 Å². The summed E-state index contributed by atoms with van der Waals surface area (Å²) in [4.78, 5) is 14.7. The number of carbonyl (C=O) groups excluding carboxylic acids is 1. The number of rotatable bonds is 6. The fourth-order valence-electron chi connectivity index (χ4n) is 3.34. The first kappa shape index (κ1) is 14.8. The summed E-state index contributed by atoms with van der Waals surface area (Å²) in [5.41, 5.74) is -0.137. The highest BCUT2D eigenvalue weighted by atomic mass is 16.5. The highest BCUT2D eigenvalue weighted by Crippen LogP contribution is 2.39. The van der Waals surface area contributed by atoms with Crippen molar-refractivity contribution in [2.75, 3.05) is 27.2 Å². The van der Waals surface area contributed by atoms with Crippen molar-refractivity contribution in [3.05, 3.63) is 0 Å². The van der Waals surface area contributed by atoms with E-state index in [-0.39, 0.29) is 5.60 Å². The second-order valence-electron chi connectivity index (χ2n) is 6.05. The molecule has 4 heteroatoms. The maximum absolute atomic E-state index is 12.6. The summed E-state index contributed by atoms with van der Waals surface area (Å²) in [5.74, 6) is 0.308. The molecule has 1 saturated heterocycles. The highest BCUT2D eigenvalue weighted by molar-refractivity contribution is 5.78. The summed E-state index contributed by atoms with van der Waals surface area (Å²) >= 11 is 0. The van der Waals surface area contributed by atoms with Gasteiger partial charge in [-0.3, -0.25) is 4.79 Å². The zero-order valence-electron chi connectivity index (χ0n) is 12.4. The molecule has 0 aromatic carbocycles. The average Bonchev–Trinajstić information content (AvgIpc) is 2.40. The van der Waals surface area contributed by atoms with Crippen molar-refractivity contribution in [2.24, 2.45) is 0 Å². The summed E-state index contributed by atoms with van der Waals surface area (Å²) in [6, 6.07) is 0.433. The monoisotopic (exact) mass is 268 g/mol. The molecule has 1 heterocycles. The third kappa shape index (κ3) is 3.48. The van der Waals surface area contributed by atoms with Gasteiger partial charge in [0.2, 0.25) is 5.91 Å². The van der Waals surface area contributed by atoms with Crippen LogP contribution in [0.3, 0.4) is 0 Å². The highest BCUT2D eigenvalue weighted by Gasteiger charge is 2.41. The van der Waals surface area contributed by atoms with E-state index in [9.17, 15) is 4.79 Å². The quantitative estimate of drug-likeness (QED) is 0.800. The van der Waals surface area contributed by atoms with Crippen molar-refractivity contribution < 1.29 is 9.53 Å². The first-order valence-corrected chi connectivity index (χ1v) is 7.70. The van der Waals surface area contributed by atoms with E-state index >= 15 is 0 Å². The summed E-state index contributed by atoms with van der Waals surface area (Å²) in [5, 5.41) is 3.19. The third-order valence-corrected chi connectivity index (χ3v) is 4.85. The van der Waals surface area contributed by atoms with Crippen molar-refractivity contribution in [1.29, 1.82) is 0 Å². The molecule has 4 nitrogen and oxygen atoms in total. The minimum atomic E-state index is -0.137. The number of nitrogens with zero attached hydrogens (tertiary/aromatic N) is 1. The van der Waals surface area contributed by atoms with Crippen molar-refractivity contribution in [2.45, 2.75) is 63.0 Å². The lowest BCUT2D eigenvalue weighted by Gasteiger charge is -2.43. The Morgan fingerprint density at radius 1 is 1.37 bits per heavy atom. The molecule has 19 heavy (non-hydrogen) atoms. The van der Waals surface area contributed by atoms with Crippen LogP contribution in [0.5, 0.6) is 0 Å². The Bertz CT molecular complexity index is 297. The Morgan fingerprint density at radius 2 is 2.16 bits per heavy atom. The summed E-state index contributed by atoms with van der Waals surface area (Å²) < 4.78 is 5.59. The Morgan fingerprint density at radius 3 is 2.74 bits per heavy atom. The molecule has 1 N–H and O–H groups in total. The van der Waals surface area contributed by atoms with E-state index < -0.39 is 0 Å². The third-order valence-electron chi connectivity index (χ3n) is 4.85. The van der Waals surface area contributed by atoms with Crippen molar-refractivity contribution in [3.63, 3.8) is 0 Å². The first-order chi connectivity index (χ1) is 9.21. The molecule has 0 spiro atoms. The van der Waals surface area contributed by atoms with Crippen LogP contribution in [0.4, 0.5) is 0 Å². The maximum Gasteiger partial charge on any atom is 0.225 e. The average molecular weight is 268 g/mol. The minimum absolute atomic E-state index is 0.137. The molecule has 0 aromatic heterocycles. The van der Waals surface area contributed by atoms with Gasteiger partial charge < -0.3 is 15.0 Å². The molecule has 1 aliphatic heterocycles. The lowest BCUT2D eigenvalue weighted by molar-refractivity contribution is -0.147. The SMILES string of the molecule is CNCCC1CCCCN1C(=O)CC1(OC)CCC1. The molecular weight excluding hydrogens is 240 g/mol.